The molecule has 0 saturated carbocycles. The Balaban J connectivity index is 2.37. The number of rotatable bonds is 7. The summed E-state index contributed by atoms with van der Waals surface area (Å²) in [6, 6.07) is 18.4. The zero-order valence-electron chi connectivity index (χ0n) is 13.9. The monoisotopic (exact) mass is 337 g/mol. The molecule has 2 aromatic carbocycles. The summed E-state index contributed by atoms with van der Waals surface area (Å²) in [5.74, 6) is -2.58. The third kappa shape index (κ3) is 4.86. The lowest BCUT2D eigenvalue weighted by atomic mass is 10.1. The highest BCUT2D eigenvalue weighted by atomic mass is 16.5. The van der Waals surface area contributed by atoms with Crippen LogP contribution in [0.1, 0.15) is 12.5 Å². The molecule has 6 nitrogen and oxygen atoms in total. The molecule has 0 fully saturated rings. The Labute approximate surface area is 146 Å². The van der Waals surface area contributed by atoms with Gasteiger partial charge in [-0.25, -0.2) is 0 Å². The predicted molar refractivity (Wildman–Crippen MR) is 93.9 cm³/mol. The molecule has 1 amide bonds. The van der Waals surface area contributed by atoms with E-state index in [0.29, 0.717) is 5.69 Å². The van der Waals surface area contributed by atoms with E-state index in [2.05, 4.69) is 4.79 Å². The molecule has 0 spiro atoms. The van der Waals surface area contributed by atoms with Crippen LogP contribution in [0.3, 0.4) is 0 Å². The Hall–Kier alpha value is -3.24. The van der Waals surface area contributed by atoms with Crippen LogP contribution in [0.4, 0.5) is 5.69 Å². The lowest BCUT2D eigenvalue weighted by Gasteiger charge is -2.24. The van der Waals surface area contributed by atoms with E-state index in [4.69, 9.17) is 10.3 Å². The number of amides is 1. The third-order valence-corrected chi connectivity index (χ3v) is 3.54. The quantitative estimate of drug-likeness (QED) is 0.256. The number of para-hydroxylation sites is 1. The van der Waals surface area contributed by atoms with Crippen molar-refractivity contribution in [3.05, 3.63) is 71.8 Å². The standard InChI is InChI=1S/C19H19N3O3/c1-2-25-19(24)17(13-21-20)18(23)22(16-11-7-4-8-12-16)14-15-9-5-3-6-10-15/h3-13,17H,2,14H2,1H3. The van der Waals surface area contributed by atoms with Gasteiger partial charge in [0.1, 0.15) is 0 Å². The second kappa shape index (κ2) is 9.15. The van der Waals surface area contributed by atoms with Gasteiger partial charge in [0.05, 0.1) is 13.2 Å². The highest BCUT2D eigenvalue weighted by Gasteiger charge is 2.35. The van der Waals surface area contributed by atoms with Crippen LogP contribution < -0.4 is 4.90 Å². The van der Waals surface area contributed by atoms with E-state index < -0.39 is 17.8 Å². The van der Waals surface area contributed by atoms with Crippen molar-refractivity contribution in [2.45, 2.75) is 13.5 Å². The van der Waals surface area contributed by atoms with Crippen molar-refractivity contribution in [2.24, 2.45) is 5.92 Å². The molecule has 128 valence electrons. The normalized spacial score (nSPS) is 11.1. The summed E-state index contributed by atoms with van der Waals surface area (Å²) >= 11 is 0. The topological polar surface area (TPSA) is 83.0 Å². The predicted octanol–water partition coefficient (Wildman–Crippen LogP) is 2.70. The first kappa shape index (κ1) is 18.1. The summed E-state index contributed by atoms with van der Waals surface area (Å²) in [5.41, 5.74) is 10.4. The zero-order chi connectivity index (χ0) is 18.1. The lowest BCUT2D eigenvalue weighted by molar-refractivity contribution is -0.149. The Kier molecular flexibility index (Phi) is 6.63. The Morgan fingerprint density at radius 2 is 1.72 bits per heavy atom. The summed E-state index contributed by atoms with van der Waals surface area (Å²) in [7, 11) is 0. The summed E-state index contributed by atoms with van der Waals surface area (Å²) < 4.78 is 4.93. The fourth-order valence-electron chi connectivity index (χ4n) is 2.36. The number of benzene rings is 2. The van der Waals surface area contributed by atoms with Crippen molar-refractivity contribution in [2.75, 3.05) is 11.5 Å². The number of anilines is 1. The second-order valence-electron chi connectivity index (χ2n) is 5.24. The third-order valence-electron chi connectivity index (χ3n) is 3.54. The van der Waals surface area contributed by atoms with Gasteiger partial charge in [0.25, 0.3) is 12.1 Å². The summed E-state index contributed by atoms with van der Waals surface area (Å²) in [6.07, 6.45) is 0.890. The van der Waals surface area contributed by atoms with Gasteiger partial charge in [-0.15, -0.1) is 0 Å². The van der Waals surface area contributed by atoms with Gasteiger partial charge in [-0.3, -0.25) is 9.59 Å². The second-order valence-corrected chi connectivity index (χ2v) is 5.24. The van der Waals surface area contributed by atoms with Gasteiger partial charge in [0.2, 0.25) is 5.92 Å². The number of carbonyl (C=O) groups is 2. The molecule has 2 aromatic rings. The molecule has 0 radical (unpaired) electrons. The average molecular weight is 337 g/mol. The van der Waals surface area contributed by atoms with Crippen molar-refractivity contribution in [1.82, 2.24) is 0 Å². The van der Waals surface area contributed by atoms with Gasteiger partial charge in [-0.2, -0.15) is 4.79 Å². The molecule has 1 unspecified atom stereocenters. The van der Waals surface area contributed by atoms with Crippen LogP contribution in [0.2, 0.25) is 0 Å². The van der Waals surface area contributed by atoms with E-state index in [1.165, 1.54) is 4.90 Å². The first-order chi connectivity index (χ1) is 12.2. The van der Waals surface area contributed by atoms with Crippen LogP contribution in [0.15, 0.2) is 60.7 Å². The maximum atomic E-state index is 13.0. The molecule has 6 heteroatoms. The van der Waals surface area contributed by atoms with Crippen LogP contribution >= 0.6 is 0 Å². The van der Waals surface area contributed by atoms with Crippen LogP contribution in [0, 0.1) is 5.92 Å². The molecule has 25 heavy (non-hydrogen) atoms. The van der Waals surface area contributed by atoms with Crippen LogP contribution in [-0.4, -0.2) is 29.5 Å². The molecule has 2 rings (SSSR count). The summed E-state index contributed by atoms with van der Waals surface area (Å²) in [6.45, 7) is 2.05. The zero-order valence-corrected chi connectivity index (χ0v) is 13.9. The summed E-state index contributed by atoms with van der Waals surface area (Å²) in [5, 5.41) is 0. The fourth-order valence-corrected chi connectivity index (χ4v) is 2.36. The Bertz CT molecular complexity index is 756. The number of esters is 1. The van der Waals surface area contributed by atoms with Crippen LogP contribution in [0.5, 0.6) is 0 Å². The highest BCUT2D eigenvalue weighted by molar-refractivity contribution is 6.15. The molecule has 0 N–H and O–H groups in total. The minimum atomic E-state index is -1.31. The van der Waals surface area contributed by atoms with Gasteiger partial charge < -0.3 is 15.2 Å². The maximum Gasteiger partial charge on any atom is 0.330 e. The van der Waals surface area contributed by atoms with E-state index in [1.54, 1.807) is 31.2 Å². The number of hydrogen-bond donors (Lipinski definition) is 0. The molecule has 0 saturated heterocycles. The lowest BCUT2D eigenvalue weighted by Crippen LogP contribution is -2.41. The Morgan fingerprint density at radius 3 is 2.28 bits per heavy atom. The molecule has 0 heterocycles. The SMILES string of the molecule is CCOC(=O)C(C=[N+]=[N-])C(=O)N(Cc1ccccc1)c1ccccc1. The molecule has 0 aliphatic carbocycles. The highest BCUT2D eigenvalue weighted by Crippen LogP contribution is 2.20. The van der Waals surface area contributed by atoms with E-state index in [1.807, 2.05) is 36.4 Å². The first-order valence-corrected chi connectivity index (χ1v) is 7.92. The first-order valence-electron chi connectivity index (χ1n) is 7.92. The van der Waals surface area contributed by atoms with Crippen molar-refractivity contribution in [1.29, 1.82) is 0 Å². The van der Waals surface area contributed by atoms with Gasteiger partial charge in [0.15, 0.2) is 0 Å². The van der Waals surface area contributed by atoms with Gasteiger partial charge >= 0.3 is 5.97 Å². The number of carbonyl (C=O) groups excluding carboxylic acids is 2. The minimum Gasteiger partial charge on any atom is -0.465 e. The van der Waals surface area contributed by atoms with Gasteiger partial charge in [-0.05, 0) is 24.6 Å². The molecule has 0 bridgehead atoms. The summed E-state index contributed by atoms with van der Waals surface area (Å²) in [4.78, 5) is 29.4. The van der Waals surface area contributed by atoms with Crippen molar-refractivity contribution in [3.63, 3.8) is 0 Å². The van der Waals surface area contributed by atoms with E-state index in [0.717, 1.165) is 11.8 Å². The molecule has 0 aromatic heterocycles. The molecular formula is C19H19N3O3. The van der Waals surface area contributed by atoms with Crippen molar-refractivity contribution >= 4 is 23.8 Å². The molecule has 1 atom stereocenters. The minimum absolute atomic E-state index is 0.131. The van der Waals surface area contributed by atoms with Crippen molar-refractivity contribution < 1.29 is 19.1 Å². The molecule has 0 aliphatic heterocycles. The van der Waals surface area contributed by atoms with Crippen LogP contribution in [-0.2, 0) is 20.9 Å². The van der Waals surface area contributed by atoms with Crippen LogP contribution in [0.25, 0.3) is 5.53 Å². The number of hydrogen-bond acceptors (Lipinski definition) is 3. The van der Waals surface area contributed by atoms with Gasteiger partial charge in [0, 0.05) is 5.69 Å². The largest absolute Gasteiger partial charge is 0.465 e. The molecular weight excluding hydrogens is 318 g/mol. The van der Waals surface area contributed by atoms with E-state index >= 15 is 0 Å². The van der Waals surface area contributed by atoms with Gasteiger partial charge in [-0.1, -0.05) is 48.5 Å². The maximum absolute atomic E-state index is 13.0. The van der Waals surface area contributed by atoms with E-state index in [9.17, 15) is 9.59 Å². The fraction of sp³-hybridized carbons (Fsp3) is 0.211. The average Bonchev–Trinajstić information content (AvgIpc) is 2.65. The van der Waals surface area contributed by atoms with E-state index in [-0.39, 0.29) is 13.2 Å². The van der Waals surface area contributed by atoms with Crippen molar-refractivity contribution in [3.8, 4) is 0 Å². The smallest absolute Gasteiger partial charge is 0.330 e. The number of ether oxygens (including phenoxy) is 1. The molecule has 0 aliphatic rings. The number of nitrogens with zero attached hydrogens (tertiary/aromatic N) is 3. The Morgan fingerprint density at radius 1 is 1.12 bits per heavy atom.